The van der Waals surface area contributed by atoms with E-state index in [1.807, 2.05) is 5.67 Å². The standard InChI is InChI=1S/C21H62Si10/c1-22(2,3)21-30(23(4,5)6)26(13,14)28(17,18)31(24(7,8)9,25(10,11)12)29(19,20)27(30,15)16/h21H2,1-20H3. The molecule has 0 atom stereocenters. The zero-order chi connectivity index (χ0) is 25.7. The van der Waals surface area contributed by atoms with Crippen molar-refractivity contribution in [1.82, 2.24) is 0 Å². The molecule has 186 valence electrons. The van der Waals surface area contributed by atoms with Gasteiger partial charge in [0.05, 0.1) is 0 Å². The van der Waals surface area contributed by atoms with Crippen LogP contribution in [0.5, 0.6) is 0 Å². The van der Waals surface area contributed by atoms with E-state index in [9.17, 15) is 0 Å². The molecular weight excluding hydrogens is 533 g/mol. The molecule has 1 saturated heterocycles. The fourth-order valence-electron chi connectivity index (χ4n) is 11.8. The maximum Gasteiger partial charge on any atom is 0.0410 e. The van der Waals surface area contributed by atoms with E-state index in [4.69, 9.17) is 0 Å². The Kier molecular flexibility index (Phi) is 7.88. The summed E-state index contributed by atoms with van der Waals surface area (Å²) in [4.78, 5) is 0. The van der Waals surface area contributed by atoms with E-state index in [2.05, 4.69) is 131 Å². The molecule has 0 aromatic heterocycles. The third kappa shape index (κ3) is 3.68. The molecule has 0 aromatic rings. The van der Waals surface area contributed by atoms with Crippen molar-refractivity contribution in [2.75, 3.05) is 0 Å². The van der Waals surface area contributed by atoms with Crippen LogP contribution in [0.2, 0.25) is 137 Å². The second-order valence-corrected chi connectivity index (χ2v) is 134. The molecule has 0 bridgehead atoms. The van der Waals surface area contributed by atoms with Crippen LogP contribution in [-0.2, 0) is 0 Å². The Morgan fingerprint density at radius 1 is 0.387 bits per heavy atom. The Morgan fingerprint density at radius 2 is 0.645 bits per heavy atom. The summed E-state index contributed by atoms with van der Waals surface area (Å²) < 4.78 is 0. The predicted octanol–water partition coefficient (Wildman–Crippen LogP) is 8.33. The first-order valence-corrected chi connectivity index (χ1v) is 52.4. The van der Waals surface area contributed by atoms with Gasteiger partial charge in [0.1, 0.15) is 0 Å². The van der Waals surface area contributed by atoms with Gasteiger partial charge in [-0.1, -0.05) is 137 Å². The number of hydrogen-bond donors (Lipinski definition) is 0. The van der Waals surface area contributed by atoms with Crippen LogP contribution in [-0.4, -0.2) is 72.1 Å². The highest BCUT2D eigenvalue weighted by Crippen LogP contribution is 2.60. The molecule has 10 heteroatoms. The average molecular weight is 596 g/mol. The van der Waals surface area contributed by atoms with E-state index < -0.39 is 72.1 Å². The van der Waals surface area contributed by atoms with Crippen LogP contribution in [0.1, 0.15) is 0 Å². The molecule has 0 unspecified atom stereocenters. The molecule has 0 aromatic carbocycles. The van der Waals surface area contributed by atoms with Gasteiger partial charge in [-0.25, -0.2) is 0 Å². The smallest absolute Gasteiger partial charge is 0.0410 e. The molecule has 0 N–H and O–H groups in total. The van der Waals surface area contributed by atoms with Gasteiger partial charge in [0, 0.05) is 72.1 Å². The van der Waals surface area contributed by atoms with E-state index in [-0.39, 0.29) is 0 Å². The highest BCUT2D eigenvalue weighted by Gasteiger charge is 2.86. The lowest BCUT2D eigenvalue weighted by molar-refractivity contribution is 1.59. The molecule has 31 heavy (non-hydrogen) atoms. The molecule has 1 rings (SSSR count). The van der Waals surface area contributed by atoms with Gasteiger partial charge < -0.3 is 0 Å². The molecule has 1 aliphatic rings. The van der Waals surface area contributed by atoms with Gasteiger partial charge in [-0.3, -0.25) is 0 Å². The zero-order valence-corrected chi connectivity index (χ0v) is 35.7. The first-order chi connectivity index (χ1) is 13.0. The van der Waals surface area contributed by atoms with Crippen LogP contribution in [0, 0.1) is 0 Å². The van der Waals surface area contributed by atoms with Crippen LogP contribution in [0.4, 0.5) is 0 Å². The minimum atomic E-state index is -1.32. The van der Waals surface area contributed by atoms with Crippen molar-refractivity contribution < 1.29 is 0 Å². The molecule has 0 radical (unpaired) electrons. The zero-order valence-electron chi connectivity index (χ0n) is 25.7. The van der Waals surface area contributed by atoms with Crippen molar-refractivity contribution in [3.05, 3.63) is 0 Å². The Bertz CT molecular complexity index is 650. The summed E-state index contributed by atoms with van der Waals surface area (Å²) in [7, 11) is -10.1. The first-order valence-electron chi connectivity index (χ1n) is 13.0. The first kappa shape index (κ1) is 31.2. The molecule has 1 heterocycles. The van der Waals surface area contributed by atoms with Gasteiger partial charge in [-0.15, -0.1) is 0 Å². The normalized spacial score (nSPS) is 27.1. The van der Waals surface area contributed by atoms with Gasteiger partial charge in [0.2, 0.25) is 0 Å². The van der Waals surface area contributed by atoms with Gasteiger partial charge in [-0.2, -0.15) is 0 Å². The van der Waals surface area contributed by atoms with Crippen LogP contribution in [0.25, 0.3) is 0 Å². The maximum atomic E-state index is 3.10. The second kappa shape index (κ2) is 7.83. The van der Waals surface area contributed by atoms with Crippen LogP contribution >= 0.6 is 0 Å². The van der Waals surface area contributed by atoms with Crippen molar-refractivity contribution in [2.45, 2.75) is 137 Å². The van der Waals surface area contributed by atoms with E-state index >= 15 is 0 Å². The monoisotopic (exact) mass is 594 g/mol. The molecule has 1 fully saturated rings. The largest absolute Gasteiger partial charge is 0.0739 e. The van der Waals surface area contributed by atoms with Crippen molar-refractivity contribution in [1.29, 1.82) is 0 Å². The quantitative estimate of drug-likeness (QED) is 0.281. The lowest BCUT2D eigenvalue weighted by atomic mass is 11.7. The lowest BCUT2D eigenvalue weighted by Crippen LogP contribution is -3.12. The van der Waals surface area contributed by atoms with Crippen LogP contribution < -0.4 is 0 Å². The Labute approximate surface area is 207 Å². The van der Waals surface area contributed by atoms with Crippen molar-refractivity contribution in [2.24, 2.45) is 0 Å². The molecular formula is C21H62Si10. The minimum absolute atomic E-state index is 1.12. The summed E-state index contributed by atoms with van der Waals surface area (Å²) in [5, 5.41) is 0. The summed E-state index contributed by atoms with van der Waals surface area (Å²) in [6.07, 6.45) is -1.30. The van der Waals surface area contributed by atoms with Gasteiger partial charge in [-0.05, 0) is 0 Å². The van der Waals surface area contributed by atoms with Crippen molar-refractivity contribution >= 4 is 72.1 Å². The number of rotatable bonds is 5. The highest BCUT2D eigenvalue weighted by molar-refractivity contribution is 8.31. The Morgan fingerprint density at radius 3 is 0.806 bits per heavy atom. The number of hydrogen-bond acceptors (Lipinski definition) is 0. The third-order valence-electron chi connectivity index (χ3n) is 11.5. The van der Waals surface area contributed by atoms with Crippen molar-refractivity contribution in [3.8, 4) is 0 Å². The summed E-state index contributed by atoms with van der Waals surface area (Å²) in [5.74, 6) is 0. The highest BCUT2D eigenvalue weighted by atomic mass is 30.4. The topological polar surface area (TPSA) is 0 Å². The summed E-state index contributed by atoms with van der Waals surface area (Å²) in [6.45, 7) is 58.0. The summed E-state index contributed by atoms with van der Waals surface area (Å²) in [6, 6.07) is 0. The predicted molar refractivity (Wildman–Crippen MR) is 180 cm³/mol. The maximum absolute atomic E-state index is 3.10. The summed E-state index contributed by atoms with van der Waals surface area (Å²) >= 11 is 0. The van der Waals surface area contributed by atoms with Gasteiger partial charge >= 0.3 is 0 Å². The van der Waals surface area contributed by atoms with Crippen LogP contribution in [0.3, 0.4) is 0 Å². The average Bonchev–Trinajstić information content (AvgIpc) is 2.36. The van der Waals surface area contributed by atoms with Gasteiger partial charge in [0.25, 0.3) is 0 Å². The van der Waals surface area contributed by atoms with Crippen LogP contribution in [0.15, 0.2) is 0 Å². The SMILES string of the molecule is C[Si](C)(C)C[Si]1([Si](C)(C)C)[Si](C)(C)[Si](C)(C)[Si]([Si](C)(C)C)([Si](C)(C)C)[Si](C)(C)[Si]1(C)C. The fourth-order valence-corrected chi connectivity index (χ4v) is 565. The van der Waals surface area contributed by atoms with E-state index in [1.54, 1.807) is 0 Å². The van der Waals surface area contributed by atoms with E-state index in [0.29, 0.717) is 0 Å². The molecule has 0 nitrogen and oxygen atoms in total. The third-order valence-corrected chi connectivity index (χ3v) is 282. The van der Waals surface area contributed by atoms with Crippen molar-refractivity contribution in [3.63, 3.8) is 0 Å². The minimum Gasteiger partial charge on any atom is -0.0739 e. The fraction of sp³-hybridized carbons (Fsp3) is 1.00. The Hall–Kier alpha value is 2.17. The Balaban J connectivity index is 4.50. The molecule has 0 amide bonds. The van der Waals surface area contributed by atoms with Gasteiger partial charge in [0.15, 0.2) is 0 Å². The lowest BCUT2D eigenvalue weighted by Gasteiger charge is -2.82. The van der Waals surface area contributed by atoms with E-state index in [1.165, 1.54) is 0 Å². The molecule has 0 spiro atoms. The molecule has 0 aliphatic carbocycles. The summed E-state index contributed by atoms with van der Waals surface area (Å²) in [5.41, 5.74) is 1.82. The molecule has 0 saturated carbocycles. The molecule has 1 aliphatic heterocycles. The van der Waals surface area contributed by atoms with E-state index in [0.717, 1.165) is 0 Å². The second-order valence-electron chi connectivity index (χ2n) is 17.6.